The zero-order valence-electron chi connectivity index (χ0n) is 8.76. The van der Waals surface area contributed by atoms with Crippen LogP contribution < -0.4 is 5.90 Å². The molecule has 4 heteroatoms. The van der Waals surface area contributed by atoms with Gasteiger partial charge in [-0.2, -0.15) is 5.10 Å². The lowest BCUT2D eigenvalue weighted by molar-refractivity contribution is 0.0946. The third kappa shape index (κ3) is 1.44. The van der Waals surface area contributed by atoms with E-state index in [1.165, 1.54) is 17.7 Å². The van der Waals surface area contributed by atoms with E-state index in [1.807, 2.05) is 0 Å². The van der Waals surface area contributed by atoms with Gasteiger partial charge in [-0.05, 0) is 24.8 Å². The summed E-state index contributed by atoms with van der Waals surface area (Å²) in [6.07, 6.45) is 3.49. The Labute approximate surface area is 83.8 Å². The van der Waals surface area contributed by atoms with Crippen LogP contribution in [0.25, 0.3) is 0 Å². The molecule has 0 spiro atoms. The summed E-state index contributed by atoms with van der Waals surface area (Å²) in [5, 5.41) is 7.47. The number of rotatable bonds is 3. The molecule has 0 bridgehead atoms. The maximum atomic E-state index is 5.13. The minimum absolute atomic E-state index is 0.0941. The third-order valence-electron chi connectivity index (χ3n) is 2.89. The molecule has 0 aromatic carbocycles. The molecule has 1 aliphatic carbocycles. The molecule has 0 saturated carbocycles. The van der Waals surface area contributed by atoms with Crippen LogP contribution in [0.5, 0.6) is 0 Å². The van der Waals surface area contributed by atoms with Crippen LogP contribution in [0.3, 0.4) is 0 Å². The summed E-state index contributed by atoms with van der Waals surface area (Å²) in [5.74, 6) is 5.13. The molecular formula is C10H17N3O. The van der Waals surface area contributed by atoms with E-state index in [0.29, 0.717) is 6.61 Å². The molecule has 1 aromatic rings. The van der Waals surface area contributed by atoms with Crippen LogP contribution in [0.1, 0.15) is 37.2 Å². The first-order chi connectivity index (χ1) is 6.65. The predicted molar refractivity (Wildman–Crippen MR) is 53.8 cm³/mol. The molecule has 14 heavy (non-hydrogen) atoms. The van der Waals surface area contributed by atoms with Crippen LogP contribution in [0.4, 0.5) is 0 Å². The normalized spacial score (nSPS) is 15.9. The van der Waals surface area contributed by atoms with Gasteiger partial charge >= 0.3 is 0 Å². The second kappa shape index (κ2) is 3.37. The van der Waals surface area contributed by atoms with E-state index in [1.54, 1.807) is 0 Å². The molecule has 0 aliphatic heterocycles. The van der Waals surface area contributed by atoms with Crippen LogP contribution in [0.2, 0.25) is 0 Å². The van der Waals surface area contributed by atoms with E-state index in [4.69, 9.17) is 10.7 Å². The van der Waals surface area contributed by atoms with Crippen molar-refractivity contribution in [3.8, 4) is 0 Å². The molecule has 78 valence electrons. The molecule has 1 aromatic heterocycles. The third-order valence-corrected chi connectivity index (χ3v) is 2.89. The first-order valence-corrected chi connectivity index (χ1v) is 5.03. The Bertz CT molecular complexity index is 330. The second-order valence-corrected chi connectivity index (χ2v) is 4.58. The lowest BCUT2D eigenvalue weighted by atomic mass is 9.87. The molecule has 1 heterocycles. The van der Waals surface area contributed by atoms with Crippen molar-refractivity contribution in [3.63, 3.8) is 0 Å². The minimum atomic E-state index is -0.0941. The van der Waals surface area contributed by atoms with Gasteiger partial charge in [-0.25, -0.2) is 5.90 Å². The molecule has 0 atom stereocenters. The largest absolute Gasteiger partial charge is 0.304 e. The Balaban J connectivity index is 2.32. The maximum Gasteiger partial charge on any atom is 0.0786 e. The Kier molecular flexibility index (Phi) is 2.33. The molecule has 2 rings (SSSR count). The average Bonchev–Trinajstić information content (AvgIpc) is 2.60. The van der Waals surface area contributed by atoms with Gasteiger partial charge in [0.25, 0.3) is 0 Å². The first kappa shape index (κ1) is 9.68. The molecule has 0 fully saturated rings. The van der Waals surface area contributed by atoms with Gasteiger partial charge in [-0.15, -0.1) is 0 Å². The fraction of sp³-hybridized carbons (Fsp3) is 0.700. The van der Waals surface area contributed by atoms with Crippen LogP contribution in [0, 0.1) is 0 Å². The van der Waals surface area contributed by atoms with E-state index in [0.717, 1.165) is 18.5 Å². The van der Waals surface area contributed by atoms with Gasteiger partial charge in [0, 0.05) is 11.1 Å². The Hall–Kier alpha value is -0.870. The summed E-state index contributed by atoms with van der Waals surface area (Å²) in [6.45, 7) is 4.72. The quantitative estimate of drug-likeness (QED) is 0.709. The van der Waals surface area contributed by atoms with Crippen molar-refractivity contribution >= 4 is 0 Å². The van der Waals surface area contributed by atoms with Crippen LogP contribution >= 0.6 is 0 Å². The summed E-state index contributed by atoms with van der Waals surface area (Å²) in [5.41, 5.74) is 3.70. The van der Waals surface area contributed by atoms with Crippen molar-refractivity contribution in [2.24, 2.45) is 5.90 Å². The van der Waals surface area contributed by atoms with Crippen LogP contribution in [-0.2, 0) is 23.1 Å². The lowest BCUT2D eigenvalue weighted by Crippen LogP contribution is -2.27. The van der Waals surface area contributed by atoms with Crippen molar-refractivity contribution < 1.29 is 4.84 Å². The van der Waals surface area contributed by atoms with Crippen molar-refractivity contribution in [1.29, 1.82) is 0 Å². The molecule has 4 nitrogen and oxygen atoms in total. The van der Waals surface area contributed by atoms with E-state index in [2.05, 4.69) is 24.0 Å². The fourth-order valence-electron chi connectivity index (χ4n) is 2.16. The number of nitrogens with two attached hydrogens (primary N) is 1. The van der Waals surface area contributed by atoms with Gasteiger partial charge in [-0.1, -0.05) is 13.8 Å². The summed E-state index contributed by atoms with van der Waals surface area (Å²) < 4.78 is 0. The SMILES string of the molecule is CC(C)(CON)c1n[nH]c2c1CCC2. The number of nitrogens with one attached hydrogen (secondary N) is 1. The molecule has 0 radical (unpaired) electrons. The highest BCUT2D eigenvalue weighted by molar-refractivity contribution is 5.34. The summed E-state index contributed by atoms with van der Waals surface area (Å²) in [6, 6.07) is 0. The van der Waals surface area contributed by atoms with E-state index in [9.17, 15) is 0 Å². The number of aromatic nitrogens is 2. The highest BCUT2D eigenvalue weighted by atomic mass is 16.6. The molecule has 0 saturated heterocycles. The fourth-order valence-corrected chi connectivity index (χ4v) is 2.16. The first-order valence-electron chi connectivity index (χ1n) is 5.03. The van der Waals surface area contributed by atoms with Crippen LogP contribution in [-0.4, -0.2) is 16.8 Å². The number of aryl methyl sites for hydroxylation is 1. The van der Waals surface area contributed by atoms with Crippen molar-refractivity contribution in [1.82, 2.24) is 10.2 Å². The highest BCUT2D eigenvalue weighted by Gasteiger charge is 2.30. The smallest absolute Gasteiger partial charge is 0.0786 e. The van der Waals surface area contributed by atoms with E-state index < -0.39 is 0 Å². The second-order valence-electron chi connectivity index (χ2n) is 4.58. The molecule has 1 aliphatic rings. The Morgan fingerprint density at radius 1 is 1.50 bits per heavy atom. The summed E-state index contributed by atoms with van der Waals surface area (Å²) in [4.78, 5) is 4.74. The molecule has 3 N–H and O–H groups in total. The predicted octanol–water partition coefficient (Wildman–Crippen LogP) is 1.07. The van der Waals surface area contributed by atoms with Crippen LogP contribution in [0.15, 0.2) is 0 Å². The summed E-state index contributed by atoms with van der Waals surface area (Å²) in [7, 11) is 0. The summed E-state index contributed by atoms with van der Waals surface area (Å²) >= 11 is 0. The number of aromatic amines is 1. The van der Waals surface area contributed by atoms with Gasteiger partial charge in [0.05, 0.1) is 12.3 Å². The number of H-pyrrole nitrogens is 1. The standard InChI is InChI=1S/C10H17N3O/c1-10(2,6-14-11)9-7-4-3-5-8(7)12-13-9/h3-6,11H2,1-2H3,(H,12,13). The number of hydrogen-bond acceptors (Lipinski definition) is 3. The number of fused-ring (bicyclic) bond motifs is 1. The van der Waals surface area contributed by atoms with Gasteiger partial charge in [0.1, 0.15) is 0 Å². The van der Waals surface area contributed by atoms with E-state index in [-0.39, 0.29) is 5.41 Å². The van der Waals surface area contributed by atoms with Gasteiger partial charge in [-0.3, -0.25) is 5.10 Å². The van der Waals surface area contributed by atoms with Gasteiger partial charge in [0.2, 0.25) is 0 Å². The Morgan fingerprint density at radius 3 is 3.00 bits per heavy atom. The average molecular weight is 195 g/mol. The molecular weight excluding hydrogens is 178 g/mol. The molecule has 0 unspecified atom stereocenters. The zero-order valence-corrected chi connectivity index (χ0v) is 8.76. The van der Waals surface area contributed by atoms with Gasteiger partial charge < -0.3 is 4.84 Å². The zero-order chi connectivity index (χ0) is 10.2. The number of hydrogen-bond donors (Lipinski definition) is 2. The monoisotopic (exact) mass is 195 g/mol. The molecule has 0 amide bonds. The Morgan fingerprint density at radius 2 is 2.29 bits per heavy atom. The van der Waals surface area contributed by atoms with Crippen molar-refractivity contribution in [2.45, 2.75) is 38.5 Å². The van der Waals surface area contributed by atoms with Crippen molar-refractivity contribution in [2.75, 3.05) is 6.61 Å². The lowest BCUT2D eigenvalue weighted by Gasteiger charge is -2.21. The van der Waals surface area contributed by atoms with Gasteiger partial charge in [0.15, 0.2) is 0 Å². The number of nitrogens with zero attached hydrogens (tertiary/aromatic N) is 1. The van der Waals surface area contributed by atoms with E-state index >= 15 is 0 Å². The minimum Gasteiger partial charge on any atom is -0.304 e. The maximum absolute atomic E-state index is 5.13. The van der Waals surface area contributed by atoms with Crippen molar-refractivity contribution in [3.05, 3.63) is 17.0 Å². The topological polar surface area (TPSA) is 63.9 Å². The highest BCUT2D eigenvalue weighted by Crippen LogP contribution is 2.31.